The number of aryl methyl sites for hydroxylation is 2. The number of carbonyl (C=O) groups excluding carboxylic acids is 1. The van der Waals surface area contributed by atoms with Gasteiger partial charge in [-0.05, 0) is 26.0 Å². The third-order valence-corrected chi connectivity index (χ3v) is 3.64. The first-order valence-corrected chi connectivity index (χ1v) is 7.72. The molecule has 7 nitrogen and oxygen atoms in total. The molecular weight excluding hydrogens is 292 g/mol. The van der Waals surface area contributed by atoms with Gasteiger partial charge in [0.05, 0.1) is 11.0 Å². The van der Waals surface area contributed by atoms with E-state index in [1.807, 2.05) is 25.1 Å². The molecule has 0 aliphatic rings. The highest BCUT2D eigenvalue weighted by Crippen LogP contribution is 2.19. The number of carbonyl (C=O) groups is 1. The van der Waals surface area contributed by atoms with Crippen molar-refractivity contribution in [1.82, 2.24) is 29.6 Å². The number of nitrogens with zero attached hydrogens (tertiary/aromatic N) is 5. The number of fused-ring (bicyclic) bond motifs is 1. The van der Waals surface area contributed by atoms with Crippen LogP contribution in [-0.2, 0) is 17.8 Å². The van der Waals surface area contributed by atoms with Crippen LogP contribution in [-0.4, -0.2) is 36.8 Å². The molecule has 0 unspecified atom stereocenters. The summed E-state index contributed by atoms with van der Waals surface area (Å²) >= 11 is 0. The lowest BCUT2D eigenvalue weighted by Gasteiger charge is -2.08. The van der Waals surface area contributed by atoms with Gasteiger partial charge in [-0.15, -0.1) is 5.10 Å². The van der Waals surface area contributed by atoms with Crippen LogP contribution in [0.1, 0.15) is 25.5 Å². The maximum absolute atomic E-state index is 11.0. The van der Waals surface area contributed by atoms with E-state index in [0.29, 0.717) is 18.8 Å². The summed E-state index contributed by atoms with van der Waals surface area (Å²) in [7, 11) is 0. The summed E-state index contributed by atoms with van der Waals surface area (Å²) in [4.78, 5) is 20.2. The van der Waals surface area contributed by atoms with Crippen molar-refractivity contribution in [3.05, 3.63) is 35.9 Å². The van der Waals surface area contributed by atoms with Crippen molar-refractivity contribution in [1.29, 1.82) is 0 Å². The molecule has 0 spiro atoms. The summed E-state index contributed by atoms with van der Waals surface area (Å²) in [6, 6.07) is 8.02. The Labute approximate surface area is 134 Å². The van der Waals surface area contributed by atoms with Crippen LogP contribution in [0.15, 0.2) is 24.3 Å². The van der Waals surface area contributed by atoms with Crippen molar-refractivity contribution in [2.75, 3.05) is 6.54 Å². The fourth-order valence-electron chi connectivity index (χ4n) is 2.67. The highest BCUT2D eigenvalue weighted by Gasteiger charge is 2.16. The van der Waals surface area contributed by atoms with Gasteiger partial charge in [0.2, 0.25) is 11.9 Å². The summed E-state index contributed by atoms with van der Waals surface area (Å²) in [5.41, 5.74) is 2.01. The minimum absolute atomic E-state index is 0.0476. The molecule has 0 radical (unpaired) electrons. The SMILES string of the molecule is CCn1c(-n2nc(C)nc2CCNC(C)=O)nc2ccccc21. The topological polar surface area (TPSA) is 77.6 Å². The maximum atomic E-state index is 11.0. The average molecular weight is 312 g/mol. The van der Waals surface area contributed by atoms with Crippen molar-refractivity contribution in [2.24, 2.45) is 0 Å². The number of aromatic nitrogens is 5. The van der Waals surface area contributed by atoms with Crippen molar-refractivity contribution in [3.63, 3.8) is 0 Å². The second-order valence-electron chi connectivity index (χ2n) is 5.36. The second kappa shape index (κ2) is 6.20. The molecule has 0 fully saturated rings. The Kier molecular flexibility index (Phi) is 4.10. The minimum Gasteiger partial charge on any atom is -0.356 e. The minimum atomic E-state index is -0.0476. The molecule has 0 saturated carbocycles. The number of para-hydroxylation sites is 2. The Morgan fingerprint density at radius 2 is 2.04 bits per heavy atom. The second-order valence-corrected chi connectivity index (χ2v) is 5.36. The highest BCUT2D eigenvalue weighted by atomic mass is 16.1. The Balaban J connectivity index is 2.03. The van der Waals surface area contributed by atoms with Crippen molar-refractivity contribution in [3.8, 4) is 5.95 Å². The lowest BCUT2D eigenvalue weighted by atomic mass is 10.3. The molecule has 3 rings (SSSR count). The normalized spacial score (nSPS) is 11.1. The summed E-state index contributed by atoms with van der Waals surface area (Å²) in [6.45, 7) is 6.77. The molecule has 1 aromatic carbocycles. The lowest BCUT2D eigenvalue weighted by Crippen LogP contribution is -2.24. The van der Waals surface area contributed by atoms with Crippen LogP contribution in [0.25, 0.3) is 17.0 Å². The van der Waals surface area contributed by atoms with E-state index >= 15 is 0 Å². The highest BCUT2D eigenvalue weighted by molar-refractivity contribution is 5.77. The van der Waals surface area contributed by atoms with E-state index in [4.69, 9.17) is 4.98 Å². The smallest absolute Gasteiger partial charge is 0.233 e. The molecule has 23 heavy (non-hydrogen) atoms. The molecule has 3 aromatic rings. The number of hydrogen-bond acceptors (Lipinski definition) is 4. The molecule has 7 heteroatoms. The van der Waals surface area contributed by atoms with E-state index in [1.165, 1.54) is 6.92 Å². The molecule has 120 valence electrons. The molecule has 0 bridgehead atoms. The van der Waals surface area contributed by atoms with Crippen LogP contribution in [0.3, 0.4) is 0 Å². The molecule has 0 aliphatic carbocycles. The van der Waals surface area contributed by atoms with Gasteiger partial charge in [0.1, 0.15) is 11.6 Å². The Hall–Kier alpha value is -2.70. The van der Waals surface area contributed by atoms with Crippen molar-refractivity contribution in [2.45, 2.75) is 33.7 Å². The van der Waals surface area contributed by atoms with Crippen LogP contribution < -0.4 is 5.32 Å². The fraction of sp³-hybridized carbons (Fsp3) is 0.375. The van der Waals surface area contributed by atoms with E-state index in [-0.39, 0.29) is 5.91 Å². The predicted molar refractivity (Wildman–Crippen MR) is 87.4 cm³/mol. The molecule has 1 N–H and O–H groups in total. The van der Waals surface area contributed by atoms with Gasteiger partial charge in [0.15, 0.2) is 0 Å². The molecule has 0 aliphatic heterocycles. The molecule has 2 heterocycles. The number of imidazole rings is 1. The number of nitrogens with one attached hydrogen (secondary N) is 1. The first-order valence-electron chi connectivity index (χ1n) is 7.72. The quantitative estimate of drug-likeness (QED) is 0.776. The predicted octanol–water partition coefficient (Wildman–Crippen LogP) is 1.62. The zero-order valence-electron chi connectivity index (χ0n) is 13.6. The molecule has 0 saturated heterocycles. The zero-order chi connectivity index (χ0) is 16.4. The molecular formula is C16H20N6O. The molecule has 1 amide bonds. The van der Waals surface area contributed by atoms with Crippen molar-refractivity contribution >= 4 is 16.9 Å². The van der Waals surface area contributed by atoms with Crippen LogP contribution in [0.5, 0.6) is 0 Å². The molecule has 2 aromatic heterocycles. The summed E-state index contributed by atoms with van der Waals surface area (Å²) in [5.74, 6) is 2.19. The third-order valence-electron chi connectivity index (χ3n) is 3.64. The summed E-state index contributed by atoms with van der Waals surface area (Å²) < 4.78 is 3.89. The van der Waals surface area contributed by atoms with Crippen LogP contribution in [0.4, 0.5) is 0 Å². The fourth-order valence-corrected chi connectivity index (χ4v) is 2.67. The van der Waals surface area contributed by atoms with Gasteiger partial charge in [-0.25, -0.2) is 9.97 Å². The van der Waals surface area contributed by atoms with Crippen LogP contribution in [0.2, 0.25) is 0 Å². The van der Waals surface area contributed by atoms with Gasteiger partial charge < -0.3 is 9.88 Å². The van der Waals surface area contributed by atoms with Gasteiger partial charge in [0.25, 0.3) is 0 Å². The lowest BCUT2D eigenvalue weighted by molar-refractivity contribution is -0.118. The van der Waals surface area contributed by atoms with E-state index in [0.717, 1.165) is 29.4 Å². The van der Waals surface area contributed by atoms with Gasteiger partial charge in [0, 0.05) is 26.4 Å². The van der Waals surface area contributed by atoms with E-state index < -0.39 is 0 Å². The third kappa shape index (κ3) is 2.94. The van der Waals surface area contributed by atoms with Gasteiger partial charge in [-0.1, -0.05) is 12.1 Å². The largest absolute Gasteiger partial charge is 0.356 e. The van der Waals surface area contributed by atoms with E-state index in [2.05, 4.69) is 33.0 Å². The first-order chi connectivity index (χ1) is 11.1. The van der Waals surface area contributed by atoms with E-state index in [9.17, 15) is 4.79 Å². The van der Waals surface area contributed by atoms with Crippen LogP contribution in [0, 0.1) is 6.92 Å². The number of rotatable bonds is 5. The first kappa shape index (κ1) is 15.2. The number of amides is 1. The Morgan fingerprint density at radius 1 is 1.26 bits per heavy atom. The Morgan fingerprint density at radius 3 is 2.78 bits per heavy atom. The van der Waals surface area contributed by atoms with Gasteiger partial charge in [-0.3, -0.25) is 4.79 Å². The van der Waals surface area contributed by atoms with Gasteiger partial charge >= 0.3 is 0 Å². The molecule has 0 atom stereocenters. The Bertz CT molecular complexity index is 847. The zero-order valence-corrected chi connectivity index (χ0v) is 13.6. The van der Waals surface area contributed by atoms with Crippen LogP contribution >= 0.6 is 0 Å². The number of benzene rings is 1. The average Bonchev–Trinajstić information content (AvgIpc) is 3.06. The monoisotopic (exact) mass is 312 g/mol. The summed E-state index contributed by atoms with van der Waals surface area (Å²) in [5, 5.41) is 7.28. The van der Waals surface area contributed by atoms with E-state index in [1.54, 1.807) is 4.68 Å². The van der Waals surface area contributed by atoms with Crippen molar-refractivity contribution < 1.29 is 4.79 Å². The number of hydrogen-bond donors (Lipinski definition) is 1. The maximum Gasteiger partial charge on any atom is 0.233 e. The van der Waals surface area contributed by atoms with Gasteiger partial charge in [-0.2, -0.15) is 4.68 Å². The summed E-state index contributed by atoms with van der Waals surface area (Å²) in [6.07, 6.45) is 0.605. The standard InChI is InChI=1S/C16H20N6O/c1-4-21-14-8-6-5-7-13(14)19-16(21)22-15(18-11(2)20-22)9-10-17-12(3)23/h5-8H,4,9-10H2,1-3H3,(H,17,23).